The predicted octanol–water partition coefficient (Wildman–Crippen LogP) is 2.80. The van der Waals surface area contributed by atoms with Gasteiger partial charge in [0.2, 0.25) is 5.67 Å². The van der Waals surface area contributed by atoms with Crippen LogP contribution >= 0.6 is 11.3 Å². The summed E-state index contributed by atoms with van der Waals surface area (Å²) in [6.45, 7) is 3.04. The molecule has 22 heavy (non-hydrogen) atoms. The molecule has 1 atom stereocenters. The molecule has 1 aliphatic heterocycles. The van der Waals surface area contributed by atoms with Gasteiger partial charge in [-0.2, -0.15) is 0 Å². The fourth-order valence-electron chi connectivity index (χ4n) is 2.60. The van der Waals surface area contributed by atoms with Crippen LogP contribution in [0, 0.1) is 6.92 Å². The largest absolute Gasteiger partial charge is 0.467 e. The molecule has 0 amide bonds. The van der Waals surface area contributed by atoms with E-state index in [9.17, 15) is 9.18 Å². The Bertz CT molecular complexity index is 684. The Morgan fingerprint density at radius 1 is 1.59 bits per heavy atom. The minimum absolute atomic E-state index is 0.0623. The SMILES string of the molecule is COC(=O)[C@@]1(F)CCN(Cc2cnc(-c3ccc(C)o3)s2)C1. The van der Waals surface area contributed by atoms with Crippen LogP contribution in [-0.2, 0) is 16.1 Å². The summed E-state index contributed by atoms with van der Waals surface area (Å²) in [5.74, 6) is 0.794. The standard InChI is InChI=1S/C15H17FN2O3S/c1-10-3-4-12(21-10)13-17-7-11(22-13)8-18-6-5-15(16,9-18)14(19)20-2/h3-4,7H,5-6,8-9H2,1-2H3/t15-/m1/s1. The number of carbonyl (C=O) groups is 1. The Hall–Kier alpha value is -1.73. The monoisotopic (exact) mass is 324 g/mol. The first-order valence-electron chi connectivity index (χ1n) is 7.01. The van der Waals surface area contributed by atoms with E-state index >= 15 is 0 Å². The van der Waals surface area contributed by atoms with Crippen LogP contribution in [0.3, 0.4) is 0 Å². The van der Waals surface area contributed by atoms with Crippen molar-refractivity contribution in [3.63, 3.8) is 0 Å². The highest BCUT2D eigenvalue weighted by Crippen LogP contribution is 2.31. The molecule has 0 bridgehead atoms. The number of esters is 1. The average molecular weight is 324 g/mol. The minimum atomic E-state index is -1.89. The molecule has 0 radical (unpaired) electrons. The minimum Gasteiger partial charge on any atom is -0.467 e. The van der Waals surface area contributed by atoms with E-state index in [4.69, 9.17) is 4.42 Å². The number of nitrogens with zero attached hydrogens (tertiary/aromatic N) is 2. The summed E-state index contributed by atoms with van der Waals surface area (Å²) in [6.07, 6.45) is 1.94. The van der Waals surface area contributed by atoms with Crippen LogP contribution in [0.4, 0.5) is 4.39 Å². The van der Waals surface area contributed by atoms with Crippen molar-refractivity contribution in [3.8, 4) is 10.8 Å². The third-order valence-electron chi connectivity index (χ3n) is 3.73. The van der Waals surface area contributed by atoms with Crippen LogP contribution in [-0.4, -0.2) is 41.7 Å². The highest BCUT2D eigenvalue weighted by atomic mass is 32.1. The quantitative estimate of drug-likeness (QED) is 0.810. The number of alkyl halides is 1. The van der Waals surface area contributed by atoms with Crippen molar-refractivity contribution in [1.29, 1.82) is 0 Å². The molecule has 2 aromatic rings. The Morgan fingerprint density at radius 2 is 2.41 bits per heavy atom. The van der Waals surface area contributed by atoms with Crippen LogP contribution in [0.25, 0.3) is 10.8 Å². The summed E-state index contributed by atoms with van der Waals surface area (Å²) in [7, 11) is 1.22. The number of halogens is 1. The molecule has 118 valence electrons. The second kappa shape index (κ2) is 5.81. The van der Waals surface area contributed by atoms with Gasteiger partial charge in [0.25, 0.3) is 0 Å². The number of rotatable bonds is 4. The van der Waals surface area contributed by atoms with Crippen LogP contribution in [0.15, 0.2) is 22.7 Å². The molecule has 1 aliphatic rings. The molecule has 1 saturated heterocycles. The van der Waals surface area contributed by atoms with Crippen molar-refractivity contribution >= 4 is 17.3 Å². The summed E-state index contributed by atoms with van der Waals surface area (Å²) in [5.41, 5.74) is -1.89. The van der Waals surface area contributed by atoms with E-state index < -0.39 is 11.6 Å². The van der Waals surface area contributed by atoms with Gasteiger partial charge < -0.3 is 9.15 Å². The summed E-state index contributed by atoms with van der Waals surface area (Å²) in [5, 5.41) is 0.807. The first-order chi connectivity index (χ1) is 10.5. The molecule has 0 aliphatic carbocycles. The van der Waals surface area contributed by atoms with Gasteiger partial charge in [-0.05, 0) is 19.1 Å². The summed E-state index contributed by atoms with van der Waals surface area (Å²) in [4.78, 5) is 18.7. The van der Waals surface area contributed by atoms with Gasteiger partial charge in [-0.3, -0.25) is 4.90 Å². The molecule has 0 saturated carbocycles. The van der Waals surface area contributed by atoms with Crippen LogP contribution in [0.2, 0.25) is 0 Å². The van der Waals surface area contributed by atoms with E-state index in [1.807, 2.05) is 24.0 Å². The van der Waals surface area contributed by atoms with Gasteiger partial charge in [0.15, 0.2) is 10.8 Å². The van der Waals surface area contributed by atoms with Crippen LogP contribution < -0.4 is 0 Å². The summed E-state index contributed by atoms with van der Waals surface area (Å²) in [6, 6.07) is 3.78. The van der Waals surface area contributed by atoms with Gasteiger partial charge >= 0.3 is 5.97 Å². The van der Waals surface area contributed by atoms with E-state index in [1.165, 1.54) is 18.4 Å². The number of thiazole rings is 1. The number of ether oxygens (including phenoxy) is 1. The molecular formula is C15H17FN2O3S. The smallest absolute Gasteiger partial charge is 0.345 e. The Balaban J connectivity index is 1.65. The number of likely N-dealkylation sites (tertiary alicyclic amines) is 1. The van der Waals surface area contributed by atoms with E-state index in [-0.39, 0.29) is 13.0 Å². The maximum atomic E-state index is 14.4. The molecule has 0 aromatic carbocycles. The molecular weight excluding hydrogens is 307 g/mol. The van der Waals surface area contributed by atoms with Gasteiger partial charge in [-0.25, -0.2) is 14.2 Å². The second-order valence-electron chi connectivity index (χ2n) is 5.46. The number of furan rings is 1. The number of hydrogen-bond donors (Lipinski definition) is 0. The zero-order valence-electron chi connectivity index (χ0n) is 12.5. The third-order valence-corrected chi connectivity index (χ3v) is 4.73. The lowest BCUT2D eigenvalue weighted by Gasteiger charge is -2.17. The molecule has 3 rings (SSSR count). The van der Waals surface area contributed by atoms with Crippen molar-refractivity contribution in [3.05, 3.63) is 29.0 Å². The topological polar surface area (TPSA) is 55.6 Å². The fraction of sp³-hybridized carbons (Fsp3) is 0.467. The van der Waals surface area contributed by atoms with Crippen molar-refractivity contribution in [2.24, 2.45) is 0 Å². The van der Waals surface area contributed by atoms with E-state index in [1.54, 1.807) is 6.20 Å². The van der Waals surface area contributed by atoms with Crippen LogP contribution in [0.5, 0.6) is 0 Å². The maximum Gasteiger partial charge on any atom is 0.345 e. The molecule has 0 spiro atoms. The van der Waals surface area contributed by atoms with Crippen molar-refractivity contribution in [2.75, 3.05) is 20.2 Å². The van der Waals surface area contributed by atoms with E-state index in [2.05, 4.69) is 9.72 Å². The lowest BCUT2D eigenvalue weighted by molar-refractivity contribution is -0.153. The molecule has 5 nitrogen and oxygen atoms in total. The molecule has 0 N–H and O–H groups in total. The van der Waals surface area contributed by atoms with Gasteiger partial charge in [-0.1, -0.05) is 0 Å². The third kappa shape index (κ3) is 2.91. The number of aromatic nitrogens is 1. The molecule has 2 aromatic heterocycles. The van der Waals surface area contributed by atoms with Crippen molar-refractivity contribution in [1.82, 2.24) is 9.88 Å². The number of carbonyl (C=O) groups excluding carboxylic acids is 1. The maximum absolute atomic E-state index is 14.4. The van der Waals surface area contributed by atoms with Crippen LogP contribution in [0.1, 0.15) is 17.1 Å². The molecule has 0 unspecified atom stereocenters. The summed E-state index contributed by atoms with van der Waals surface area (Å²) < 4.78 is 24.5. The Labute approximate surface area is 131 Å². The predicted molar refractivity (Wildman–Crippen MR) is 80.3 cm³/mol. The average Bonchev–Trinajstić information content (AvgIpc) is 3.20. The van der Waals surface area contributed by atoms with E-state index in [0.717, 1.165) is 21.4 Å². The van der Waals surface area contributed by atoms with Gasteiger partial charge in [0.05, 0.1) is 7.11 Å². The lowest BCUT2D eigenvalue weighted by Crippen LogP contribution is -2.37. The lowest BCUT2D eigenvalue weighted by atomic mass is 10.1. The Kier molecular flexibility index (Phi) is 4.01. The highest BCUT2D eigenvalue weighted by molar-refractivity contribution is 7.14. The second-order valence-corrected chi connectivity index (χ2v) is 6.57. The summed E-state index contributed by atoms with van der Waals surface area (Å²) >= 11 is 1.52. The molecule has 1 fully saturated rings. The van der Waals surface area contributed by atoms with Gasteiger partial charge in [0.1, 0.15) is 5.76 Å². The number of aryl methyl sites for hydroxylation is 1. The number of hydrogen-bond acceptors (Lipinski definition) is 6. The van der Waals surface area contributed by atoms with Gasteiger partial charge in [-0.15, -0.1) is 11.3 Å². The Morgan fingerprint density at radius 3 is 3.09 bits per heavy atom. The first kappa shape index (κ1) is 15.2. The van der Waals surface area contributed by atoms with E-state index in [0.29, 0.717) is 13.1 Å². The molecule has 7 heteroatoms. The zero-order valence-corrected chi connectivity index (χ0v) is 13.3. The highest BCUT2D eigenvalue weighted by Gasteiger charge is 2.46. The zero-order chi connectivity index (χ0) is 15.7. The number of methoxy groups -OCH3 is 1. The van der Waals surface area contributed by atoms with Gasteiger partial charge in [0, 0.05) is 37.1 Å². The van der Waals surface area contributed by atoms with Crippen molar-refractivity contribution in [2.45, 2.75) is 25.6 Å². The normalized spacial score (nSPS) is 22.1. The molecule has 3 heterocycles. The van der Waals surface area contributed by atoms with Crippen molar-refractivity contribution < 1.29 is 18.3 Å². The fourth-order valence-corrected chi connectivity index (χ4v) is 3.51. The first-order valence-corrected chi connectivity index (χ1v) is 7.83.